The van der Waals surface area contributed by atoms with Crippen LogP contribution in [0.15, 0.2) is 303 Å². The number of rotatable bonds is 10. The Morgan fingerprint density at radius 1 is 0.281 bits per heavy atom. The van der Waals surface area contributed by atoms with Crippen LogP contribution in [0.1, 0.15) is 5.56 Å². The number of anilines is 6. The summed E-state index contributed by atoms with van der Waals surface area (Å²) in [4.78, 5) is 31.6. The highest BCUT2D eigenvalue weighted by molar-refractivity contribution is 7.00. The van der Waals surface area contributed by atoms with E-state index in [-0.39, 0.29) is 6.71 Å². The maximum Gasteiger partial charge on any atom is 0.252 e. The lowest BCUT2D eigenvalue weighted by Crippen LogP contribution is -2.61. The maximum atomic E-state index is 5.67. The molecule has 17 rings (SSSR count). The van der Waals surface area contributed by atoms with Crippen LogP contribution in [0.25, 0.3) is 107 Å². The summed E-state index contributed by atoms with van der Waals surface area (Å²) < 4.78 is 2.36. The van der Waals surface area contributed by atoms with Crippen LogP contribution >= 0.6 is 0 Å². The van der Waals surface area contributed by atoms with E-state index in [9.17, 15) is 0 Å². The molecular weight excluding hydrogens is 1080 g/mol. The number of nitrogens with zero attached hydrogens (tertiary/aromatic N) is 8. The molecule has 0 unspecified atom stereocenters. The van der Waals surface area contributed by atoms with Crippen molar-refractivity contribution >= 4 is 79.0 Å². The first-order chi connectivity index (χ1) is 44.0. The van der Waals surface area contributed by atoms with Gasteiger partial charge in [0.05, 0.1) is 28.1 Å². The van der Waals surface area contributed by atoms with E-state index in [1.54, 1.807) is 0 Å². The van der Waals surface area contributed by atoms with Crippen LogP contribution in [0, 0.1) is 6.92 Å². The van der Waals surface area contributed by atoms with Gasteiger partial charge in [-0.25, -0.2) is 24.9 Å². The summed E-state index contributed by atoms with van der Waals surface area (Å²) in [5.74, 6) is 2.27. The zero-order valence-corrected chi connectivity index (χ0v) is 48.5. The van der Waals surface area contributed by atoms with Gasteiger partial charge in [0.25, 0.3) is 6.71 Å². The normalized spacial score (nSPS) is 12.3. The summed E-state index contributed by atoms with van der Waals surface area (Å²) in [7, 11) is 0. The molecule has 0 saturated heterocycles. The van der Waals surface area contributed by atoms with Gasteiger partial charge in [0.15, 0.2) is 23.3 Å². The molecule has 0 spiro atoms. The molecule has 8 nitrogen and oxygen atoms in total. The molecule has 0 N–H and O–H groups in total. The molecule has 0 amide bonds. The second-order valence-corrected chi connectivity index (χ2v) is 22.9. The lowest BCUT2D eigenvalue weighted by molar-refractivity contribution is 1.07. The van der Waals surface area contributed by atoms with Crippen molar-refractivity contribution in [3.05, 3.63) is 309 Å². The summed E-state index contributed by atoms with van der Waals surface area (Å²) in [5, 5.41) is 2.34. The first kappa shape index (κ1) is 51.6. The number of fused-ring (bicyclic) bond motifs is 7. The number of aryl methyl sites for hydroxylation is 1. The average Bonchev–Trinajstić information content (AvgIpc) is 1.22. The summed E-state index contributed by atoms with van der Waals surface area (Å²) in [6, 6.07) is 108. The fourth-order valence-corrected chi connectivity index (χ4v) is 13.5. The largest absolute Gasteiger partial charge is 0.311 e. The summed E-state index contributed by atoms with van der Waals surface area (Å²) >= 11 is 0. The molecule has 0 atom stereocenters. The van der Waals surface area contributed by atoms with Crippen molar-refractivity contribution in [3.63, 3.8) is 0 Å². The molecule has 5 heterocycles. The molecule has 15 aromatic rings. The van der Waals surface area contributed by atoms with E-state index in [1.807, 2.05) is 66.7 Å². The molecule has 3 aromatic heterocycles. The molecule has 0 aliphatic carbocycles. The van der Waals surface area contributed by atoms with Crippen molar-refractivity contribution in [3.8, 4) is 84.9 Å². The van der Waals surface area contributed by atoms with Crippen LogP contribution in [-0.4, -0.2) is 36.2 Å². The Morgan fingerprint density at radius 2 is 0.764 bits per heavy atom. The minimum Gasteiger partial charge on any atom is -0.311 e. The molecular formula is C80H53BN8. The number of hydrogen-bond acceptors (Lipinski definition) is 7. The molecule has 416 valence electrons. The number of aromatic nitrogens is 6. The van der Waals surface area contributed by atoms with Crippen LogP contribution < -0.4 is 26.2 Å². The van der Waals surface area contributed by atoms with Crippen molar-refractivity contribution in [2.45, 2.75) is 6.92 Å². The van der Waals surface area contributed by atoms with E-state index >= 15 is 0 Å². The second-order valence-electron chi connectivity index (χ2n) is 22.9. The van der Waals surface area contributed by atoms with E-state index in [0.717, 1.165) is 95.1 Å². The van der Waals surface area contributed by atoms with Crippen LogP contribution in [-0.2, 0) is 0 Å². The fourth-order valence-electron chi connectivity index (χ4n) is 13.5. The second kappa shape index (κ2) is 21.3. The molecule has 0 radical (unpaired) electrons. The minimum absolute atomic E-state index is 0.0527. The Balaban J connectivity index is 0.832. The Bertz CT molecular complexity index is 5190. The molecule has 0 fully saturated rings. The van der Waals surface area contributed by atoms with Crippen LogP contribution in [0.5, 0.6) is 0 Å². The predicted molar refractivity (Wildman–Crippen MR) is 367 cm³/mol. The van der Waals surface area contributed by atoms with Gasteiger partial charge in [0.1, 0.15) is 0 Å². The van der Waals surface area contributed by atoms with Crippen molar-refractivity contribution < 1.29 is 0 Å². The standard InChI is InChI=1S/C80H53BN8/c1-52-43-45-70-63(47-52)62-35-14-17-38-69(62)89(70)71-46-44-59(79-85-77(54-25-8-3-9-26-54)84-78(86-79)55-27-10-4-11-28-55)50-64(71)80-82-67(53-23-6-2-7-24-53)51-68(83-80)58-31-20-29-56(48-58)57-30-21-34-61(49-57)88-73-40-19-16-37-66(73)81-65-36-15-18-39-72(65)87(60-32-12-5-13-33-60)74-41-22-42-75(88)76(74)81/h2-51H,1H3. The fraction of sp³-hybridized carbons (Fsp3) is 0.0125. The van der Waals surface area contributed by atoms with Gasteiger partial charge in [-0.2, -0.15) is 0 Å². The first-order valence-corrected chi connectivity index (χ1v) is 30.2. The van der Waals surface area contributed by atoms with Crippen LogP contribution in [0.4, 0.5) is 34.1 Å². The number of benzene rings is 12. The molecule has 9 heteroatoms. The van der Waals surface area contributed by atoms with Gasteiger partial charge in [0, 0.05) is 78.3 Å². The van der Waals surface area contributed by atoms with Gasteiger partial charge >= 0.3 is 0 Å². The lowest BCUT2D eigenvalue weighted by atomic mass is 9.33. The molecule has 12 aromatic carbocycles. The predicted octanol–water partition coefficient (Wildman–Crippen LogP) is 17.8. The lowest BCUT2D eigenvalue weighted by Gasteiger charge is -2.44. The average molecular weight is 1140 g/mol. The van der Waals surface area contributed by atoms with E-state index in [4.69, 9.17) is 24.9 Å². The topological polar surface area (TPSA) is 75.9 Å². The molecule has 0 bridgehead atoms. The third-order valence-electron chi connectivity index (χ3n) is 17.5. The Morgan fingerprint density at radius 3 is 1.44 bits per heavy atom. The van der Waals surface area contributed by atoms with Crippen LogP contribution in [0.2, 0.25) is 0 Å². The summed E-state index contributed by atoms with van der Waals surface area (Å²) in [6.07, 6.45) is 0. The summed E-state index contributed by atoms with van der Waals surface area (Å²) in [6.45, 7) is 2.21. The smallest absolute Gasteiger partial charge is 0.252 e. The third kappa shape index (κ3) is 8.89. The highest BCUT2D eigenvalue weighted by Crippen LogP contribution is 2.45. The molecule has 89 heavy (non-hydrogen) atoms. The van der Waals surface area contributed by atoms with Crippen molar-refractivity contribution in [1.82, 2.24) is 29.5 Å². The third-order valence-corrected chi connectivity index (χ3v) is 17.5. The number of para-hydroxylation sites is 4. The monoisotopic (exact) mass is 1140 g/mol. The number of hydrogen-bond donors (Lipinski definition) is 0. The molecule has 2 aliphatic heterocycles. The zero-order valence-electron chi connectivity index (χ0n) is 48.5. The van der Waals surface area contributed by atoms with Crippen molar-refractivity contribution in [2.24, 2.45) is 0 Å². The van der Waals surface area contributed by atoms with E-state index in [2.05, 4.69) is 258 Å². The van der Waals surface area contributed by atoms with Gasteiger partial charge in [-0.05, 0) is 132 Å². The van der Waals surface area contributed by atoms with E-state index in [1.165, 1.54) is 44.4 Å². The van der Waals surface area contributed by atoms with E-state index in [0.29, 0.717) is 23.3 Å². The zero-order chi connectivity index (χ0) is 58.9. The summed E-state index contributed by atoms with van der Waals surface area (Å²) in [5.41, 5.74) is 24.1. The maximum absolute atomic E-state index is 5.67. The van der Waals surface area contributed by atoms with Gasteiger partial charge in [-0.15, -0.1) is 0 Å². The Hall–Kier alpha value is -11.8. The molecule has 0 saturated carbocycles. The quantitative estimate of drug-likeness (QED) is 0.126. The van der Waals surface area contributed by atoms with Gasteiger partial charge in [-0.3, -0.25) is 0 Å². The van der Waals surface area contributed by atoms with Crippen molar-refractivity contribution in [1.29, 1.82) is 0 Å². The molecule has 2 aliphatic rings. The van der Waals surface area contributed by atoms with Gasteiger partial charge < -0.3 is 14.4 Å². The van der Waals surface area contributed by atoms with Gasteiger partial charge in [-0.1, -0.05) is 212 Å². The van der Waals surface area contributed by atoms with Crippen molar-refractivity contribution in [2.75, 3.05) is 9.80 Å². The van der Waals surface area contributed by atoms with Gasteiger partial charge in [0.2, 0.25) is 0 Å². The SMILES string of the molecule is Cc1ccc2c(c1)c1ccccc1n2-c1ccc(-c2nc(-c3ccccc3)nc(-c3ccccc3)n2)cc1-c1nc(-c2ccccc2)cc(-c2cccc(-c3cccc(N4c5ccccc5B5c6ccccc6N(c6ccccc6)c6cccc4c65)c3)c2)n1. The Kier molecular flexibility index (Phi) is 12.4. The minimum atomic E-state index is 0.0527. The van der Waals surface area contributed by atoms with E-state index < -0.39 is 0 Å². The highest BCUT2D eigenvalue weighted by atomic mass is 15.2. The highest BCUT2D eigenvalue weighted by Gasteiger charge is 2.43. The van der Waals surface area contributed by atoms with Crippen LogP contribution in [0.3, 0.4) is 0 Å². The Labute approximate surface area is 516 Å². The first-order valence-electron chi connectivity index (χ1n) is 30.2.